The van der Waals surface area contributed by atoms with Crippen LogP contribution in [0.25, 0.3) is 0 Å². The average Bonchev–Trinajstić information content (AvgIpc) is 2.46. The van der Waals surface area contributed by atoms with Crippen molar-refractivity contribution in [3.63, 3.8) is 0 Å². The third-order valence-electron chi connectivity index (χ3n) is 3.61. The van der Waals surface area contributed by atoms with Gasteiger partial charge in [-0.05, 0) is 36.0 Å². The molecule has 2 atom stereocenters. The van der Waals surface area contributed by atoms with E-state index in [0.717, 1.165) is 26.1 Å². The highest BCUT2D eigenvalue weighted by Gasteiger charge is 2.19. The van der Waals surface area contributed by atoms with Gasteiger partial charge >= 0.3 is 0 Å². The Morgan fingerprint density at radius 3 is 2.35 bits per heavy atom. The lowest BCUT2D eigenvalue weighted by molar-refractivity contribution is 0.172. The summed E-state index contributed by atoms with van der Waals surface area (Å²) in [6.45, 7) is 5.34. The Hall–Kier alpha value is -0.970. The highest BCUT2D eigenvalue weighted by Crippen LogP contribution is 2.26. The van der Waals surface area contributed by atoms with Crippen LogP contribution in [0.15, 0.2) is 24.3 Å². The van der Waals surface area contributed by atoms with Crippen molar-refractivity contribution in [1.29, 1.82) is 0 Å². The van der Waals surface area contributed by atoms with Gasteiger partial charge in [0.05, 0.1) is 6.61 Å². The number of rotatable bonds is 10. The van der Waals surface area contributed by atoms with E-state index in [9.17, 15) is 4.39 Å². The van der Waals surface area contributed by atoms with Crippen LogP contribution in [-0.4, -0.2) is 40.5 Å². The zero-order chi connectivity index (χ0) is 14.8. The van der Waals surface area contributed by atoms with E-state index in [-0.39, 0.29) is 5.82 Å². The number of nitrogens with one attached hydrogen (secondary N) is 1. The molecule has 1 aromatic carbocycles. The van der Waals surface area contributed by atoms with Gasteiger partial charge in [0.15, 0.2) is 0 Å². The molecule has 0 saturated carbocycles. The fraction of sp³-hybridized carbons (Fsp3) is 0.625. The molecule has 1 aromatic rings. The van der Waals surface area contributed by atoms with Gasteiger partial charge in [0.25, 0.3) is 0 Å². The second kappa shape index (κ2) is 9.86. The Morgan fingerprint density at radius 1 is 1.10 bits per heavy atom. The van der Waals surface area contributed by atoms with E-state index >= 15 is 0 Å². The van der Waals surface area contributed by atoms with Crippen molar-refractivity contribution >= 4 is 0 Å². The number of hydrogen-bond acceptors (Lipinski definition) is 3. The summed E-state index contributed by atoms with van der Waals surface area (Å²) in [6, 6.07) is 6.81. The Balaban J connectivity index is 2.64. The fourth-order valence-electron chi connectivity index (χ4n) is 2.29. The minimum atomic E-state index is -0.190. The van der Waals surface area contributed by atoms with Crippen molar-refractivity contribution in [3.05, 3.63) is 35.6 Å². The van der Waals surface area contributed by atoms with E-state index in [1.807, 2.05) is 12.1 Å². The molecule has 114 valence electrons. The largest absolute Gasteiger partial charge is 0.385 e. The summed E-state index contributed by atoms with van der Waals surface area (Å²) in [4.78, 5) is 0. The van der Waals surface area contributed by atoms with Crippen LogP contribution in [0.2, 0.25) is 0 Å². The number of benzene rings is 1. The van der Waals surface area contributed by atoms with Gasteiger partial charge in [-0.3, -0.25) is 0 Å². The lowest BCUT2D eigenvalue weighted by atomic mass is 9.85. The summed E-state index contributed by atoms with van der Waals surface area (Å²) in [5.41, 5.74) is 1.17. The predicted molar refractivity (Wildman–Crippen MR) is 79.5 cm³/mol. The van der Waals surface area contributed by atoms with Crippen LogP contribution in [0.1, 0.15) is 24.8 Å². The lowest BCUT2D eigenvalue weighted by Crippen LogP contribution is -2.28. The topological polar surface area (TPSA) is 30.5 Å². The third-order valence-corrected chi connectivity index (χ3v) is 3.61. The van der Waals surface area contributed by atoms with Gasteiger partial charge in [-0.1, -0.05) is 19.1 Å². The Bertz CT molecular complexity index is 356. The van der Waals surface area contributed by atoms with Gasteiger partial charge in [-0.15, -0.1) is 0 Å². The minimum absolute atomic E-state index is 0.190. The molecule has 0 spiro atoms. The van der Waals surface area contributed by atoms with Crippen molar-refractivity contribution in [2.75, 3.05) is 40.5 Å². The van der Waals surface area contributed by atoms with Crippen LogP contribution in [-0.2, 0) is 9.47 Å². The molecule has 0 radical (unpaired) electrons. The third kappa shape index (κ3) is 5.99. The summed E-state index contributed by atoms with van der Waals surface area (Å²) in [5, 5.41) is 3.40. The summed E-state index contributed by atoms with van der Waals surface area (Å²) < 4.78 is 23.3. The molecule has 0 aliphatic heterocycles. The molecule has 20 heavy (non-hydrogen) atoms. The maximum absolute atomic E-state index is 13.1. The number of ether oxygens (including phenoxy) is 2. The normalized spacial score (nSPS) is 14.2. The predicted octanol–water partition coefficient (Wildman–Crippen LogP) is 2.82. The molecule has 4 heteroatoms. The van der Waals surface area contributed by atoms with E-state index in [1.54, 1.807) is 14.2 Å². The van der Waals surface area contributed by atoms with Gasteiger partial charge in [0.2, 0.25) is 0 Å². The molecule has 1 N–H and O–H groups in total. The number of methoxy groups -OCH3 is 2. The van der Waals surface area contributed by atoms with Gasteiger partial charge in [-0.2, -0.15) is 0 Å². The molecule has 0 saturated heterocycles. The molecule has 0 heterocycles. The molecule has 0 aromatic heterocycles. The van der Waals surface area contributed by atoms with Crippen molar-refractivity contribution < 1.29 is 13.9 Å². The monoisotopic (exact) mass is 283 g/mol. The minimum Gasteiger partial charge on any atom is -0.385 e. The molecule has 0 aliphatic carbocycles. The lowest BCUT2D eigenvalue weighted by Gasteiger charge is -2.25. The van der Waals surface area contributed by atoms with E-state index in [1.165, 1.54) is 17.7 Å². The molecule has 0 aliphatic rings. The maximum Gasteiger partial charge on any atom is 0.123 e. The van der Waals surface area contributed by atoms with Crippen LogP contribution in [0.4, 0.5) is 4.39 Å². The van der Waals surface area contributed by atoms with Crippen molar-refractivity contribution in [2.45, 2.75) is 19.3 Å². The molecule has 0 bridgehead atoms. The Morgan fingerprint density at radius 2 is 1.75 bits per heavy atom. The number of hydrogen-bond donors (Lipinski definition) is 1. The van der Waals surface area contributed by atoms with Crippen molar-refractivity contribution in [3.8, 4) is 0 Å². The van der Waals surface area contributed by atoms with Gasteiger partial charge in [0.1, 0.15) is 5.82 Å². The number of halogens is 1. The zero-order valence-electron chi connectivity index (χ0n) is 12.7. The Labute approximate surface area is 121 Å². The van der Waals surface area contributed by atoms with Crippen LogP contribution >= 0.6 is 0 Å². The summed E-state index contributed by atoms with van der Waals surface area (Å²) in [6.07, 6.45) is 0.991. The first-order valence-electron chi connectivity index (χ1n) is 7.13. The smallest absolute Gasteiger partial charge is 0.123 e. The Kier molecular flexibility index (Phi) is 8.42. The zero-order valence-corrected chi connectivity index (χ0v) is 12.7. The van der Waals surface area contributed by atoms with Crippen molar-refractivity contribution in [2.24, 2.45) is 5.92 Å². The first-order valence-corrected chi connectivity index (χ1v) is 7.13. The highest BCUT2D eigenvalue weighted by atomic mass is 19.1. The van der Waals surface area contributed by atoms with Crippen LogP contribution < -0.4 is 5.32 Å². The second-order valence-corrected chi connectivity index (χ2v) is 5.11. The average molecular weight is 283 g/mol. The standard InChI is InChI=1S/C16H26FNO2/c1-13(8-10-19-2)16(12-18-9-11-20-3)14-4-6-15(17)7-5-14/h4-7,13,16,18H,8-12H2,1-3H3. The molecule has 0 fully saturated rings. The first kappa shape index (κ1) is 17.1. The summed E-state index contributed by atoms with van der Waals surface area (Å²) in [7, 11) is 3.41. The molecular formula is C16H26FNO2. The SMILES string of the molecule is COCCNCC(c1ccc(F)cc1)C(C)CCOC. The molecular weight excluding hydrogens is 257 g/mol. The maximum atomic E-state index is 13.1. The van der Waals surface area contributed by atoms with E-state index in [2.05, 4.69) is 12.2 Å². The van der Waals surface area contributed by atoms with Crippen LogP contribution in [0, 0.1) is 11.7 Å². The van der Waals surface area contributed by atoms with Gasteiger partial charge in [0, 0.05) is 33.9 Å². The van der Waals surface area contributed by atoms with E-state index in [4.69, 9.17) is 9.47 Å². The van der Waals surface area contributed by atoms with Gasteiger partial charge in [-0.25, -0.2) is 4.39 Å². The van der Waals surface area contributed by atoms with Crippen LogP contribution in [0.3, 0.4) is 0 Å². The van der Waals surface area contributed by atoms with Crippen molar-refractivity contribution in [1.82, 2.24) is 5.32 Å². The molecule has 0 amide bonds. The first-order chi connectivity index (χ1) is 9.69. The fourth-order valence-corrected chi connectivity index (χ4v) is 2.29. The van der Waals surface area contributed by atoms with E-state index < -0.39 is 0 Å². The second-order valence-electron chi connectivity index (χ2n) is 5.11. The van der Waals surface area contributed by atoms with Crippen LogP contribution in [0.5, 0.6) is 0 Å². The quantitative estimate of drug-likeness (QED) is 0.670. The molecule has 3 nitrogen and oxygen atoms in total. The molecule has 2 unspecified atom stereocenters. The molecule has 1 rings (SSSR count). The highest BCUT2D eigenvalue weighted by molar-refractivity contribution is 5.21. The summed E-state index contributed by atoms with van der Waals surface area (Å²) in [5.74, 6) is 0.627. The van der Waals surface area contributed by atoms with E-state index in [0.29, 0.717) is 18.4 Å². The van der Waals surface area contributed by atoms with Gasteiger partial charge < -0.3 is 14.8 Å². The summed E-state index contributed by atoms with van der Waals surface area (Å²) >= 11 is 0.